The molecule has 0 radical (unpaired) electrons. The normalized spacial score (nSPS) is 18.9. The van der Waals surface area contributed by atoms with Crippen molar-refractivity contribution in [3.8, 4) is 5.75 Å². The molecule has 1 aliphatic heterocycles. The Morgan fingerprint density at radius 3 is 2.06 bits per heavy atom. The lowest BCUT2D eigenvalue weighted by atomic mass is 9.79. The van der Waals surface area contributed by atoms with Crippen molar-refractivity contribution in [1.29, 1.82) is 0 Å². The highest BCUT2D eigenvalue weighted by Gasteiger charge is 2.51. The Hall–Kier alpha value is -2.26. The van der Waals surface area contributed by atoms with Gasteiger partial charge in [0.1, 0.15) is 24.0 Å². The zero-order valence-electron chi connectivity index (χ0n) is 22.6. The van der Waals surface area contributed by atoms with Gasteiger partial charge >= 0.3 is 19.2 Å². The highest BCUT2D eigenvalue weighted by molar-refractivity contribution is 6.62. The van der Waals surface area contributed by atoms with Crippen LogP contribution in [0.2, 0.25) is 0 Å². The fourth-order valence-corrected chi connectivity index (χ4v) is 3.56. The van der Waals surface area contributed by atoms with Crippen molar-refractivity contribution in [3.63, 3.8) is 0 Å². The summed E-state index contributed by atoms with van der Waals surface area (Å²) < 4.78 is 27.6. The minimum atomic E-state index is -0.596. The standard InChI is InChI=1S/C14H21BO3.C12H21NO4/c1-6-16-12-9-7-11(8-10-12)15-17-13(2,3)14(4,5)18-15;1-12(2,3)17-11(15)13-8-10(14)16-9-6-4-5-7-9/h7-10H,6H2,1-5H3;9H,4-8H2,1-3H3,(H,13,15). The van der Waals surface area contributed by atoms with Gasteiger partial charge in [-0.05, 0) is 98.7 Å². The molecule has 1 heterocycles. The lowest BCUT2D eigenvalue weighted by molar-refractivity contribution is -0.147. The summed E-state index contributed by atoms with van der Waals surface area (Å²) in [5.41, 5.74) is -0.122. The molecule has 0 atom stereocenters. The Morgan fingerprint density at radius 2 is 1.57 bits per heavy atom. The molecular formula is C26H42BNO7. The van der Waals surface area contributed by atoms with Gasteiger partial charge in [0.05, 0.1) is 17.8 Å². The van der Waals surface area contributed by atoms with E-state index in [1.54, 1.807) is 20.8 Å². The quantitative estimate of drug-likeness (QED) is 0.466. The molecule has 1 amide bonds. The topological polar surface area (TPSA) is 92.3 Å². The van der Waals surface area contributed by atoms with Gasteiger partial charge in [0.15, 0.2) is 0 Å². The Bertz CT molecular complexity index is 811. The van der Waals surface area contributed by atoms with Crippen LogP contribution in [0, 0.1) is 0 Å². The Balaban J connectivity index is 0.000000247. The lowest BCUT2D eigenvalue weighted by Gasteiger charge is -2.32. The highest BCUT2D eigenvalue weighted by atomic mass is 16.7. The number of esters is 1. The second kappa shape index (κ2) is 12.1. The van der Waals surface area contributed by atoms with Crippen LogP contribution in [-0.4, -0.2) is 55.2 Å². The Morgan fingerprint density at radius 1 is 1.03 bits per heavy atom. The zero-order valence-corrected chi connectivity index (χ0v) is 22.6. The molecule has 0 bridgehead atoms. The highest BCUT2D eigenvalue weighted by Crippen LogP contribution is 2.36. The maximum absolute atomic E-state index is 11.4. The summed E-state index contributed by atoms with van der Waals surface area (Å²) in [4.78, 5) is 22.6. The summed E-state index contributed by atoms with van der Waals surface area (Å²) in [6, 6.07) is 7.88. The molecule has 1 aliphatic carbocycles. The molecule has 1 saturated heterocycles. The molecule has 0 unspecified atom stereocenters. The third-order valence-electron chi connectivity index (χ3n) is 6.09. The van der Waals surface area contributed by atoms with Crippen molar-refractivity contribution in [2.45, 2.75) is 104 Å². The second-order valence-electron chi connectivity index (χ2n) is 10.8. The molecule has 1 N–H and O–H groups in total. The van der Waals surface area contributed by atoms with E-state index in [0.29, 0.717) is 6.61 Å². The number of ether oxygens (including phenoxy) is 3. The molecule has 2 fully saturated rings. The van der Waals surface area contributed by atoms with Gasteiger partial charge in [-0.1, -0.05) is 12.1 Å². The van der Waals surface area contributed by atoms with Crippen molar-refractivity contribution in [2.24, 2.45) is 0 Å². The van der Waals surface area contributed by atoms with Gasteiger partial charge in [0, 0.05) is 0 Å². The molecule has 3 rings (SSSR count). The first-order valence-electron chi connectivity index (χ1n) is 12.5. The van der Waals surface area contributed by atoms with E-state index < -0.39 is 17.7 Å². The third kappa shape index (κ3) is 9.37. The molecule has 8 nitrogen and oxygen atoms in total. The molecule has 196 valence electrons. The number of benzene rings is 1. The first-order valence-corrected chi connectivity index (χ1v) is 12.5. The number of rotatable bonds is 6. The number of hydrogen-bond donors (Lipinski definition) is 1. The summed E-state index contributed by atoms with van der Waals surface area (Å²) in [5, 5.41) is 2.38. The maximum Gasteiger partial charge on any atom is 0.494 e. The van der Waals surface area contributed by atoms with E-state index in [9.17, 15) is 9.59 Å². The predicted molar refractivity (Wildman–Crippen MR) is 136 cm³/mol. The average Bonchev–Trinajstić information content (AvgIpc) is 3.31. The number of hydrogen-bond acceptors (Lipinski definition) is 7. The monoisotopic (exact) mass is 491 g/mol. The number of carbonyl (C=O) groups is 2. The molecule has 9 heteroatoms. The third-order valence-corrected chi connectivity index (χ3v) is 6.09. The molecule has 0 aromatic heterocycles. The number of carbonyl (C=O) groups excluding carboxylic acids is 2. The number of alkyl carbamates (subject to hydrolysis) is 1. The van der Waals surface area contributed by atoms with Gasteiger partial charge in [-0.15, -0.1) is 0 Å². The maximum atomic E-state index is 11.4. The van der Waals surface area contributed by atoms with E-state index in [0.717, 1.165) is 36.9 Å². The van der Waals surface area contributed by atoms with Crippen molar-refractivity contribution in [1.82, 2.24) is 5.32 Å². The van der Waals surface area contributed by atoms with Gasteiger partial charge in [0.2, 0.25) is 0 Å². The largest absolute Gasteiger partial charge is 0.494 e. The van der Waals surface area contributed by atoms with E-state index in [4.69, 9.17) is 23.5 Å². The Kier molecular flexibility index (Phi) is 10.0. The Labute approximate surface area is 210 Å². The number of amides is 1. The van der Waals surface area contributed by atoms with Crippen LogP contribution in [0.1, 0.15) is 81.1 Å². The smallest absolute Gasteiger partial charge is 0.494 e. The molecule has 1 aromatic carbocycles. The minimum absolute atomic E-state index is 0.0305. The SMILES string of the molecule is CC(C)(C)OC(=O)NCC(=O)OC1CCCC1.CCOc1ccc(B2OC(C)(C)C(C)(C)O2)cc1. The van der Waals surface area contributed by atoms with Crippen molar-refractivity contribution in [3.05, 3.63) is 24.3 Å². The van der Waals surface area contributed by atoms with E-state index in [1.165, 1.54) is 0 Å². The van der Waals surface area contributed by atoms with Gasteiger partial charge < -0.3 is 28.8 Å². The average molecular weight is 491 g/mol. The van der Waals surface area contributed by atoms with E-state index in [-0.39, 0.29) is 31.0 Å². The van der Waals surface area contributed by atoms with Crippen LogP contribution in [0.25, 0.3) is 0 Å². The van der Waals surface area contributed by atoms with Crippen LogP contribution in [0.3, 0.4) is 0 Å². The zero-order chi connectivity index (χ0) is 26.3. The van der Waals surface area contributed by atoms with Crippen LogP contribution in [0.5, 0.6) is 5.75 Å². The van der Waals surface area contributed by atoms with Gasteiger partial charge in [-0.25, -0.2) is 4.79 Å². The minimum Gasteiger partial charge on any atom is -0.494 e. The summed E-state index contributed by atoms with van der Waals surface area (Å²) >= 11 is 0. The summed E-state index contributed by atoms with van der Waals surface area (Å²) in [7, 11) is -0.300. The molecular weight excluding hydrogens is 449 g/mol. The van der Waals surface area contributed by atoms with Crippen LogP contribution in [0.4, 0.5) is 4.79 Å². The molecule has 1 aromatic rings. The fourth-order valence-electron chi connectivity index (χ4n) is 3.56. The summed E-state index contributed by atoms with van der Waals surface area (Å²) in [6.45, 7) is 16.0. The van der Waals surface area contributed by atoms with E-state index in [1.807, 2.05) is 31.2 Å². The first-order chi connectivity index (χ1) is 16.2. The van der Waals surface area contributed by atoms with Gasteiger partial charge in [0.25, 0.3) is 0 Å². The lowest BCUT2D eigenvalue weighted by Crippen LogP contribution is -2.41. The molecule has 1 saturated carbocycles. The van der Waals surface area contributed by atoms with Crippen molar-refractivity contribution < 1.29 is 33.1 Å². The predicted octanol–water partition coefficient (Wildman–Crippen LogP) is 4.38. The fraction of sp³-hybridized carbons (Fsp3) is 0.692. The van der Waals surface area contributed by atoms with E-state index in [2.05, 4.69) is 33.0 Å². The van der Waals surface area contributed by atoms with E-state index >= 15 is 0 Å². The second-order valence-corrected chi connectivity index (χ2v) is 10.8. The van der Waals surface area contributed by atoms with Gasteiger partial charge in [-0.2, -0.15) is 0 Å². The van der Waals surface area contributed by atoms with Crippen LogP contribution in [-0.2, 0) is 23.6 Å². The summed E-state index contributed by atoms with van der Waals surface area (Å²) in [5.74, 6) is 0.473. The first kappa shape index (κ1) is 29.0. The van der Waals surface area contributed by atoms with Gasteiger partial charge in [-0.3, -0.25) is 4.79 Å². The van der Waals surface area contributed by atoms with Crippen LogP contribution < -0.4 is 15.5 Å². The van der Waals surface area contributed by atoms with Crippen LogP contribution >= 0.6 is 0 Å². The van der Waals surface area contributed by atoms with Crippen LogP contribution in [0.15, 0.2) is 24.3 Å². The molecule has 0 spiro atoms. The van der Waals surface area contributed by atoms with Crippen molar-refractivity contribution in [2.75, 3.05) is 13.2 Å². The van der Waals surface area contributed by atoms with Crippen molar-refractivity contribution >= 4 is 24.6 Å². The molecule has 2 aliphatic rings. The molecule has 35 heavy (non-hydrogen) atoms. The summed E-state index contributed by atoms with van der Waals surface area (Å²) in [6.07, 6.45) is 3.51. The number of nitrogens with one attached hydrogen (secondary N) is 1.